The molecule has 0 radical (unpaired) electrons. The highest BCUT2D eigenvalue weighted by Gasteiger charge is 2.21. The van der Waals surface area contributed by atoms with Gasteiger partial charge in [0.25, 0.3) is 0 Å². The quantitative estimate of drug-likeness (QED) is 0.542. The number of anilines is 1. The van der Waals surface area contributed by atoms with Crippen LogP contribution >= 0.6 is 11.6 Å². The molecule has 1 heterocycles. The summed E-state index contributed by atoms with van der Waals surface area (Å²) in [7, 11) is -3.58. The van der Waals surface area contributed by atoms with Crippen LogP contribution in [-0.4, -0.2) is 51.5 Å². The van der Waals surface area contributed by atoms with Crippen molar-refractivity contribution in [3.8, 4) is 5.69 Å². The SMILES string of the molecule is CCN(CC)S(=O)(=O)c1ccc(NC(=O)Cn2nnn(-c3ccccc3Cl)c2=O)cc1. The van der Waals surface area contributed by atoms with Gasteiger partial charge >= 0.3 is 5.69 Å². The van der Waals surface area contributed by atoms with Gasteiger partial charge in [0.1, 0.15) is 6.54 Å². The number of sulfonamides is 1. The third-order valence-corrected chi connectivity index (χ3v) is 6.88. The van der Waals surface area contributed by atoms with Crippen molar-refractivity contribution in [3.05, 3.63) is 64.0 Å². The zero-order chi connectivity index (χ0) is 22.6. The molecular formula is C19H21ClN6O4S. The standard InChI is InChI=1S/C19H21ClN6O4S/c1-3-24(4-2)31(29,30)15-11-9-14(10-12-15)21-18(27)13-25-19(28)26(23-22-25)17-8-6-5-7-16(17)20/h5-12H,3-4,13H2,1-2H3,(H,21,27). The Balaban J connectivity index is 1.71. The van der Waals surface area contributed by atoms with Crippen LogP contribution in [0.4, 0.5) is 5.69 Å². The number of carbonyl (C=O) groups is 1. The van der Waals surface area contributed by atoms with Gasteiger partial charge in [-0.05, 0) is 46.8 Å². The van der Waals surface area contributed by atoms with Crippen molar-refractivity contribution in [2.45, 2.75) is 25.3 Å². The smallest absolute Gasteiger partial charge is 0.324 e. The highest BCUT2D eigenvalue weighted by Crippen LogP contribution is 2.19. The maximum absolute atomic E-state index is 12.5. The molecular weight excluding hydrogens is 444 g/mol. The molecule has 0 spiro atoms. The number of carbonyl (C=O) groups excluding carboxylic acids is 1. The van der Waals surface area contributed by atoms with Gasteiger partial charge in [0.15, 0.2) is 0 Å². The van der Waals surface area contributed by atoms with Gasteiger partial charge in [-0.25, -0.2) is 13.2 Å². The van der Waals surface area contributed by atoms with Crippen LogP contribution in [0.1, 0.15) is 13.8 Å². The summed E-state index contributed by atoms with van der Waals surface area (Å²) in [6, 6.07) is 12.4. The minimum atomic E-state index is -3.58. The largest absolute Gasteiger partial charge is 0.369 e. The first kappa shape index (κ1) is 22.7. The van der Waals surface area contributed by atoms with Crippen molar-refractivity contribution < 1.29 is 13.2 Å². The van der Waals surface area contributed by atoms with E-state index in [9.17, 15) is 18.0 Å². The second kappa shape index (κ2) is 9.41. The number of halogens is 1. The van der Waals surface area contributed by atoms with Crippen LogP contribution in [0.2, 0.25) is 5.02 Å². The first-order valence-electron chi connectivity index (χ1n) is 9.45. The second-order valence-electron chi connectivity index (χ2n) is 6.44. The van der Waals surface area contributed by atoms with Gasteiger partial charge in [-0.1, -0.05) is 37.6 Å². The molecule has 10 nitrogen and oxygen atoms in total. The first-order chi connectivity index (χ1) is 14.8. The Morgan fingerprint density at radius 1 is 1.06 bits per heavy atom. The predicted molar refractivity (Wildman–Crippen MR) is 116 cm³/mol. The molecule has 0 atom stereocenters. The molecule has 0 aliphatic carbocycles. The van der Waals surface area contributed by atoms with E-state index in [-0.39, 0.29) is 11.4 Å². The Hall–Kier alpha value is -3.02. The van der Waals surface area contributed by atoms with Gasteiger partial charge < -0.3 is 5.32 Å². The number of tetrazole rings is 1. The lowest BCUT2D eigenvalue weighted by Gasteiger charge is -2.18. The number of hydrogen-bond acceptors (Lipinski definition) is 6. The molecule has 12 heteroatoms. The molecule has 0 aliphatic heterocycles. The van der Waals surface area contributed by atoms with Crippen LogP contribution in [0.5, 0.6) is 0 Å². The van der Waals surface area contributed by atoms with Crippen molar-refractivity contribution in [1.82, 2.24) is 24.1 Å². The number of benzene rings is 2. The van der Waals surface area contributed by atoms with Gasteiger partial charge in [-0.15, -0.1) is 0 Å². The van der Waals surface area contributed by atoms with E-state index in [1.807, 2.05) is 0 Å². The minimum Gasteiger partial charge on any atom is -0.324 e. The molecule has 0 saturated heterocycles. The first-order valence-corrected chi connectivity index (χ1v) is 11.3. The Bertz CT molecular complexity index is 1230. The summed E-state index contributed by atoms with van der Waals surface area (Å²) in [5.74, 6) is -0.521. The maximum atomic E-state index is 12.5. The number of rotatable bonds is 8. The number of nitrogens with one attached hydrogen (secondary N) is 1. The third-order valence-electron chi connectivity index (χ3n) is 4.49. The molecule has 164 valence electrons. The van der Waals surface area contributed by atoms with Gasteiger partial charge in [0.2, 0.25) is 15.9 Å². The van der Waals surface area contributed by atoms with Crippen molar-refractivity contribution in [2.24, 2.45) is 0 Å². The molecule has 1 amide bonds. The molecule has 1 aromatic heterocycles. The van der Waals surface area contributed by atoms with E-state index in [0.29, 0.717) is 29.5 Å². The predicted octanol–water partition coefficient (Wildman–Crippen LogP) is 1.75. The zero-order valence-corrected chi connectivity index (χ0v) is 18.5. The molecule has 0 fully saturated rings. The minimum absolute atomic E-state index is 0.133. The Morgan fingerprint density at radius 2 is 1.71 bits per heavy atom. The lowest BCUT2D eigenvalue weighted by Crippen LogP contribution is -2.30. The summed E-state index contributed by atoms with van der Waals surface area (Å²) in [6.45, 7) is 3.88. The summed E-state index contributed by atoms with van der Waals surface area (Å²) in [6.07, 6.45) is 0. The molecule has 0 aliphatic rings. The van der Waals surface area contributed by atoms with Crippen molar-refractivity contribution >= 4 is 33.2 Å². The van der Waals surface area contributed by atoms with Gasteiger partial charge in [0.05, 0.1) is 15.6 Å². The Kier molecular flexibility index (Phi) is 6.88. The number of nitrogens with zero attached hydrogens (tertiary/aromatic N) is 5. The molecule has 2 aromatic carbocycles. The van der Waals surface area contributed by atoms with Crippen LogP contribution in [0.3, 0.4) is 0 Å². The molecule has 0 unspecified atom stereocenters. The Morgan fingerprint density at radius 3 is 2.32 bits per heavy atom. The molecule has 31 heavy (non-hydrogen) atoms. The fraction of sp³-hybridized carbons (Fsp3) is 0.263. The van der Waals surface area contributed by atoms with E-state index < -0.39 is 21.6 Å². The van der Waals surface area contributed by atoms with E-state index in [0.717, 1.165) is 9.36 Å². The summed E-state index contributed by atoms with van der Waals surface area (Å²) < 4.78 is 28.3. The van der Waals surface area contributed by atoms with Crippen LogP contribution in [0, 0.1) is 0 Å². The molecule has 0 saturated carbocycles. The number of para-hydroxylation sites is 1. The van der Waals surface area contributed by atoms with E-state index in [1.165, 1.54) is 28.6 Å². The fourth-order valence-electron chi connectivity index (χ4n) is 2.91. The van der Waals surface area contributed by atoms with Crippen LogP contribution in [0.15, 0.2) is 58.2 Å². The van der Waals surface area contributed by atoms with E-state index in [1.54, 1.807) is 38.1 Å². The van der Waals surface area contributed by atoms with Gasteiger partial charge in [0, 0.05) is 18.8 Å². The zero-order valence-electron chi connectivity index (χ0n) is 16.9. The number of hydrogen-bond donors (Lipinski definition) is 1. The summed E-state index contributed by atoms with van der Waals surface area (Å²) in [5, 5.41) is 10.4. The highest BCUT2D eigenvalue weighted by molar-refractivity contribution is 7.89. The number of aromatic nitrogens is 4. The Labute approximate surface area is 184 Å². The summed E-state index contributed by atoms with van der Waals surface area (Å²) >= 11 is 6.07. The van der Waals surface area contributed by atoms with E-state index in [4.69, 9.17) is 11.6 Å². The van der Waals surface area contributed by atoms with Crippen molar-refractivity contribution in [1.29, 1.82) is 0 Å². The lowest BCUT2D eigenvalue weighted by atomic mass is 10.3. The van der Waals surface area contributed by atoms with Gasteiger partial charge in [-0.3, -0.25) is 4.79 Å². The van der Waals surface area contributed by atoms with Gasteiger partial charge in [-0.2, -0.15) is 13.7 Å². The van der Waals surface area contributed by atoms with Crippen LogP contribution in [-0.2, 0) is 21.4 Å². The normalized spacial score (nSPS) is 11.6. The topological polar surface area (TPSA) is 119 Å². The monoisotopic (exact) mass is 464 g/mol. The average molecular weight is 465 g/mol. The second-order valence-corrected chi connectivity index (χ2v) is 8.79. The molecule has 1 N–H and O–H groups in total. The van der Waals surface area contributed by atoms with Crippen molar-refractivity contribution in [2.75, 3.05) is 18.4 Å². The van der Waals surface area contributed by atoms with Crippen LogP contribution in [0.25, 0.3) is 5.69 Å². The third kappa shape index (κ3) is 4.84. The fourth-order valence-corrected chi connectivity index (χ4v) is 4.58. The lowest BCUT2D eigenvalue weighted by molar-refractivity contribution is -0.117. The summed E-state index contributed by atoms with van der Waals surface area (Å²) in [4.78, 5) is 24.9. The molecule has 0 bridgehead atoms. The van der Waals surface area contributed by atoms with E-state index >= 15 is 0 Å². The molecule has 3 aromatic rings. The molecule has 3 rings (SSSR count). The number of amides is 1. The highest BCUT2D eigenvalue weighted by atomic mass is 35.5. The van der Waals surface area contributed by atoms with Crippen LogP contribution < -0.4 is 11.0 Å². The maximum Gasteiger partial charge on any atom is 0.369 e. The van der Waals surface area contributed by atoms with E-state index in [2.05, 4.69) is 15.7 Å². The summed E-state index contributed by atoms with van der Waals surface area (Å²) in [5.41, 5.74) is 0.116. The van der Waals surface area contributed by atoms with Crippen molar-refractivity contribution in [3.63, 3.8) is 0 Å². The average Bonchev–Trinajstić information content (AvgIpc) is 3.09.